The summed E-state index contributed by atoms with van der Waals surface area (Å²) in [6.45, 7) is 4.02. The number of allylic oxidation sites excluding steroid dienone is 1. The number of anilines is 2. The Morgan fingerprint density at radius 2 is 1.71 bits per heavy atom. The number of ketones is 1. The van der Waals surface area contributed by atoms with Crippen molar-refractivity contribution in [2.45, 2.75) is 39.3 Å². The van der Waals surface area contributed by atoms with Crippen LogP contribution in [0.25, 0.3) is 17.5 Å². The maximum atomic E-state index is 13.1. The molecule has 0 amide bonds. The average molecular weight is 558 g/mol. The van der Waals surface area contributed by atoms with Crippen LogP contribution in [0.15, 0.2) is 72.8 Å². The van der Waals surface area contributed by atoms with Gasteiger partial charge in [0.15, 0.2) is 11.6 Å². The van der Waals surface area contributed by atoms with Gasteiger partial charge in [0.25, 0.3) is 0 Å². The Bertz CT molecular complexity index is 1660. The number of carbonyl (C=O) groups excluding carboxylic acids is 3. The van der Waals surface area contributed by atoms with Crippen molar-refractivity contribution in [2.75, 3.05) is 5.32 Å². The normalized spacial score (nSPS) is 11.7. The third-order valence-corrected chi connectivity index (χ3v) is 6.66. The zero-order valence-corrected chi connectivity index (χ0v) is 22.4. The monoisotopic (exact) mass is 557 g/mol. The van der Waals surface area contributed by atoms with Gasteiger partial charge in [-0.3, -0.25) is 4.79 Å². The quantitative estimate of drug-likeness (QED) is 0.242. The number of nitrogens with one attached hydrogen (secondary N) is 1. The van der Waals surface area contributed by atoms with E-state index in [1.165, 1.54) is 17.7 Å². The number of Topliss-reactive ketones (excluding diaryl/α,β-unsaturated/α-hetero) is 1. The van der Waals surface area contributed by atoms with Crippen molar-refractivity contribution >= 4 is 29.5 Å². The molecule has 0 atom stereocenters. The molecular formula is C32H26F3N3O3. The first-order valence-corrected chi connectivity index (χ1v) is 12.9. The molecule has 0 fully saturated rings. The van der Waals surface area contributed by atoms with E-state index in [-0.39, 0.29) is 18.4 Å². The largest absolute Gasteiger partial charge is 0.416 e. The summed E-state index contributed by atoms with van der Waals surface area (Å²) in [7, 11) is 0. The van der Waals surface area contributed by atoms with Crippen molar-refractivity contribution in [3.8, 4) is 11.4 Å². The van der Waals surface area contributed by atoms with Gasteiger partial charge in [-0.2, -0.15) is 22.8 Å². The summed E-state index contributed by atoms with van der Waals surface area (Å²) in [5.74, 6) is 1.02. The van der Waals surface area contributed by atoms with Crippen LogP contribution >= 0.6 is 0 Å². The number of hydrogen-bond acceptors (Lipinski definition) is 6. The fourth-order valence-corrected chi connectivity index (χ4v) is 4.49. The zero-order chi connectivity index (χ0) is 29.6. The van der Waals surface area contributed by atoms with Crippen molar-refractivity contribution in [2.24, 2.45) is 0 Å². The summed E-state index contributed by atoms with van der Waals surface area (Å²) in [6.07, 6.45) is 1.29. The maximum Gasteiger partial charge on any atom is 0.416 e. The van der Waals surface area contributed by atoms with Gasteiger partial charge >= 0.3 is 12.3 Å². The Balaban J connectivity index is 0.00000124. The van der Waals surface area contributed by atoms with E-state index in [0.29, 0.717) is 34.9 Å². The van der Waals surface area contributed by atoms with Crippen molar-refractivity contribution in [3.05, 3.63) is 112 Å². The second kappa shape index (κ2) is 12.5. The highest BCUT2D eigenvalue weighted by Gasteiger charge is 2.30. The van der Waals surface area contributed by atoms with Crippen molar-refractivity contribution in [1.82, 2.24) is 9.97 Å². The standard InChI is InChI=1S/C31H26F3N3O.CO2/c1-3-20-7-4-9-23(15-20)29-35-26-12-6-11-25(26)30(37-29)36-27-18-22(14-13-19(27)2)28(38)17-21-8-5-10-24(16-21)31(32,33)34;2-1-3/h4-10,12-16,18H,3,11,17H2,1-2H3,(H,35,36,37);. The molecule has 1 N–H and O–H groups in total. The Morgan fingerprint density at radius 3 is 2.44 bits per heavy atom. The van der Waals surface area contributed by atoms with E-state index in [1.807, 2.05) is 37.3 Å². The van der Waals surface area contributed by atoms with Crippen molar-refractivity contribution in [1.29, 1.82) is 0 Å². The van der Waals surface area contributed by atoms with Gasteiger partial charge in [0, 0.05) is 28.8 Å². The summed E-state index contributed by atoms with van der Waals surface area (Å²) in [6, 6.07) is 18.3. The predicted molar refractivity (Wildman–Crippen MR) is 149 cm³/mol. The van der Waals surface area contributed by atoms with Gasteiger partial charge in [0.2, 0.25) is 0 Å². The lowest BCUT2D eigenvalue weighted by Crippen LogP contribution is -2.09. The second-order valence-electron chi connectivity index (χ2n) is 9.46. The topological polar surface area (TPSA) is 89.0 Å². The maximum absolute atomic E-state index is 13.1. The van der Waals surface area contributed by atoms with Crippen LogP contribution in [0.5, 0.6) is 0 Å². The molecule has 9 heteroatoms. The number of alkyl halides is 3. The number of benzene rings is 3. The highest BCUT2D eigenvalue weighted by molar-refractivity contribution is 5.98. The highest BCUT2D eigenvalue weighted by atomic mass is 19.4. The Labute approximate surface area is 235 Å². The van der Waals surface area contributed by atoms with Gasteiger partial charge in [0.05, 0.1) is 11.3 Å². The number of carbonyl (C=O) groups is 1. The molecule has 0 saturated carbocycles. The SMILES string of the molecule is CCc1cccc(-c2nc3c(c(Nc4cc(C(=O)Cc5cccc(C(F)(F)F)c5)ccc4C)n2)CC=C3)c1.O=C=O. The summed E-state index contributed by atoms with van der Waals surface area (Å²) < 4.78 is 39.3. The van der Waals surface area contributed by atoms with Crippen LogP contribution in [-0.4, -0.2) is 21.9 Å². The van der Waals surface area contributed by atoms with Crippen molar-refractivity contribution in [3.63, 3.8) is 0 Å². The van der Waals surface area contributed by atoms with Crippen LogP contribution < -0.4 is 5.32 Å². The Hall–Kier alpha value is -4.88. The van der Waals surface area contributed by atoms with Gasteiger partial charge in [-0.1, -0.05) is 61.5 Å². The molecule has 41 heavy (non-hydrogen) atoms. The molecule has 1 aromatic heterocycles. The molecule has 0 aliphatic heterocycles. The summed E-state index contributed by atoms with van der Waals surface area (Å²) in [5.41, 5.74) is 5.54. The van der Waals surface area contributed by atoms with Gasteiger partial charge in [0.1, 0.15) is 5.82 Å². The van der Waals surface area contributed by atoms with E-state index in [0.717, 1.165) is 40.9 Å². The average Bonchev–Trinajstić information content (AvgIpc) is 3.43. The second-order valence-corrected chi connectivity index (χ2v) is 9.46. The minimum absolute atomic E-state index is 0.128. The van der Waals surface area contributed by atoms with Crippen molar-refractivity contribution < 1.29 is 27.6 Å². The lowest BCUT2D eigenvalue weighted by atomic mass is 9.99. The molecule has 6 nitrogen and oxygen atoms in total. The smallest absolute Gasteiger partial charge is 0.340 e. The number of aromatic nitrogens is 2. The minimum atomic E-state index is -4.45. The van der Waals surface area contributed by atoms with E-state index < -0.39 is 11.7 Å². The van der Waals surface area contributed by atoms with Gasteiger partial charge in [-0.25, -0.2) is 9.97 Å². The Kier molecular flexibility index (Phi) is 8.90. The number of aryl methyl sites for hydroxylation is 2. The van der Waals surface area contributed by atoms with E-state index >= 15 is 0 Å². The van der Waals surface area contributed by atoms with E-state index in [1.54, 1.807) is 12.1 Å². The molecule has 4 aromatic rings. The number of fused-ring (bicyclic) bond motifs is 1. The molecule has 0 spiro atoms. The number of halogens is 3. The van der Waals surface area contributed by atoms with Crippen LogP contribution in [0.1, 0.15) is 50.8 Å². The van der Waals surface area contributed by atoms with Crippen LogP contribution in [0.3, 0.4) is 0 Å². The third-order valence-electron chi connectivity index (χ3n) is 6.66. The fraction of sp³-hybridized carbons (Fsp3) is 0.188. The molecule has 0 unspecified atom stereocenters. The molecule has 1 aliphatic carbocycles. The van der Waals surface area contributed by atoms with Crippen LogP contribution in [-0.2, 0) is 35.0 Å². The van der Waals surface area contributed by atoms with Crippen LogP contribution in [0.2, 0.25) is 0 Å². The molecule has 0 saturated heterocycles. The number of hydrogen-bond donors (Lipinski definition) is 1. The first-order valence-electron chi connectivity index (χ1n) is 12.9. The highest BCUT2D eigenvalue weighted by Crippen LogP contribution is 2.32. The first-order chi connectivity index (χ1) is 19.6. The molecular weight excluding hydrogens is 531 g/mol. The molecule has 0 bridgehead atoms. The number of nitrogens with zero attached hydrogens (tertiary/aromatic N) is 2. The molecule has 3 aromatic carbocycles. The van der Waals surface area contributed by atoms with Gasteiger partial charge < -0.3 is 5.32 Å². The van der Waals surface area contributed by atoms with E-state index in [2.05, 4.69) is 24.4 Å². The minimum Gasteiger partial charge on any atom is -0.340 e. The first kappa shape index (κ1) is 29.1. The fourth-order valence-electron chi connectivity index (χ4n) is 4.49. The van der Waals surface area contributed by atoms with Gasteiger partial charge in [-0.15, -0.1) is 0 Å². The molecule has 5 rings (SSSR count). The van der Waals surface area contributed by atoms with E-state index in [9.17, 15) is 18.0 Å². The van der Waals surface area contributed by atoms with E-state index in [4.69, 9.17) is 19.6 Å². The Morgan fingerprint density at radius 1 is 0.976 bits per heavy atom. The van der Waals surface area contributed by atoms with Crippen LogP contribution in [0.4, 0.5) is 24.7 Å². The lowest BCUT2D eigenvalue weighted by molar-refractivity contribution is -0.191. The molecule has 1 aliphatic rings. The third kappa shape index (κ3) is 7.01. The number of rotatable bonds is 7. The lowest BCUT2D eigenvalue weighted by Gasteiger charge is -2.15. The summed E-state index contributed by atoms with van der Waals surface area (Å²) >= 11 is 0. The summed E-state index contributed by atoms with van der Waals surface area (Å²) in [4.78, 5) is 38.9. The molecule has 1 heterocycles. The molecule has 0 radical (unpaired) electrons. The van der Waals surface area contributed by atoms with Gasteiger partial charge in [-0.05, 0) is 60.7 Å². The zero-order valence-electron chi connectivity index (χ0n) is 22.4. The predicted octanol–water partition coefficient (Wildman–Crippen LogP) is 7.19. The van der Waals surface area contributed by atoms with Crippen LogP contribution in [0, 0.1) is 6.92 Å². The molecule has 208 valence electrons. The summed E-state index contributed by atoms with van der Waals surface area (Å²) in [5, 5.41) is 3.41.